The molecule has 0 fully saturated rings. The van der Waals surface area contributed by atoms with Gasteiger partial charge in [0.2, 0.25) is 0 Å². The molecule has 0 radical (unpaired) electrons. The molecule has 1 N–H and O–H groups in total. The van der Waals surface area contributed by atoms with E-state index >= 15 is 0 Å². The number of carboxylic acid groups (broad SMARTS) is 1. The largest absolute Gasteiger partial charge is 0.481 e. The summed E-state index contributed by atoms with van der Waals surface area (Å²) >= 11 is 0. The normalized spacial score (nSPS) is 11.3. The Balaban J connectivity index is 4.62. The van der Waals surface area contributed by atoms with Crippen molar-refractivity contribution in [2.24, 2.45) is 0 Å². The number of rotatable bonds is 8. The topological polar surface area (TPSA) is 93.1 Å². The van der Waals surface area contributed by atoms with Crippen molar-refractivity contribution in [3.05, 3.63) is 12.7 Å². The number of hydrogen-bond acceptors (Lipinski definition) is 5. The summed E-state index contributed by atoms with van der Waals surface area (Å²) in [7, 11) is 1.21. The van der Waals surface area contributed by atoms with Crippen LogP contribution in [0.4, 0.5) is 4.79 Å². The number of carbonyl (C=O) groups excluding carboxylic acids is 2. The van der Waals surface area contributed by atoms with Gasteiger partial charge in [-0.2, -0.15) is 0 Å². The number of methoxy groups -OCH3 is 1. The molecule has 0 aromatic carbocycles. The van der Waals surface area contributed by atoms with Crippen LogP contribution in [0.5, 0.6) is 0 Å². The lowest BCUT2D eigenvalue weighted by molar-refractivity contribution is -0.142. The third-order valence-electron chi connectivity index (χ3n) is 2.39. The molecule has 0 bridgehead atoms. The van der Waals surface area contributed by atoms with Crippen molar-refractivity contribution in [1.82, 2.24) is 4.90 Å². The zero-order valence-corrected chi connectivity index (χ0v) is 11.1. The molecule has 7 heteroatoms. The van der Waals surface area contributed by atoms with Crippen LogP contribution < -0.4 is 0 Å². The summed E-state index contributed by atoms with van der Waals surface area (Å²) in [5, 5.41) is 8.61. The second kappa shape index (κ2) is 8.96. The third kappa shape index (κ3) is 7.07. The Bertz CT molecular complexity index is 341. The second-order valence-electron chi connectivity index (χ2n) is 3.85. The van der Waals surface area contributed by atoms with Crippen molar-refractivity contribution in [1.29, 1.82) is 0 Å². The third-order valence-corrected chi connectivity index (χ3v) is 2.39. The van der Waals surface area contributed by atoms with Crippen molar-refractivity contribution < 1.29 is 29.0 Å². The summed E-state index contributed by atoms with van der Waals surface area (Å²) in [4.78, 5) is 34.6. The summed E-state index contributed by atoms with van der Waals surface area (Å²) in [6.07, 6.45) is 0.808. The number of nitrogens with zero attached hydrogens (tertiary/aromatic N) is 1. The molecular weight excluding hydrogens is 254 g/mol. The minimum Gasteiger partial charge on any atom is -0.481 e. The van der Waals surface area contributed by atoms with Gasteiger partial charge in [-0.3, -0.25) is 14.5 Å². The molecule has 0 spiro atoms. The standard InChI is InChI=1S/C12H19NO6/c1-4-7-19-12(17)13(8-11(16)18-3)9(2)5-6-10(14)15/h4,9H,1,5-8H2,2-3H3,(H,14,15)/t9-/m1/s1. The molecule has 19 heavy (non-hydrogen) atoms. The maximum atomic E-state index is 11.7. The Kier molecular flexibility index (Phi) is 7.99. The molecule has 108 valence electrons. The Morgan fingerprint density at radius 3 is 2.53 bits per heavy atom. The van der Waals surface area contributed by atoms with Gasteiger partial charge in [-0.1, -0.05) is 12.7 Å². The lowest BCUT2D eigenvalue weighted by Gasteiger charge is -2.26. The van der Waals surface area contributed by atoms with Gasteiger partial charge >= 0.3 is 18.0 Å². The van der Waals surface area contributed by atoms with Gasteiger partial charge in [0.1, 0.15) is 13.2 Å². The van der Waals surface area contributed by atoms with Gasteiger partial charge in [0.25, 0.3) is 0 Å². The molecule has 0 rings (SSSR count). The molecule has 7 nitrogen and oxygen atoms in total. The van der Waals surface area contributed by atoms with Crippen LogP contribution in [-0.2, 0) is 19.1 Å². The lowest BCUT2D eigenvalue weighted by atomic mass is 10.1. The molecule has 0 heterocycles. The Morgan fingerprint density at radius 2 is 2.05 bits per heavy atom. The van der Waals surface area contributed by atoms with E-state index in [1.165, 1.54) is 13.2 Å². The molecular formula is C12H19NO6. The summed E-state index contributed by atoms with van der Waals surface area (Å²) in [6, 6.07) is -0.451. The van der Waals surface area contributed by atoms with E-state index in [0.717, 1.165) is 4.90 Å². The number of aliphatic carboxylic acids is 1. The van der Waals surface area contributed by atoms with E-state index in [1.54, 1.807) is 6.92 Å². The maximum absolute atomic E-state index is 11.7. The van der Waals surface area contributed by atoms with Crippen LogP contribution in [0.15, 0.2) is 12.7 Å². The van der Waals surface area contributed by atoms with E-state index in [9.17, 15) is 14.4 Å². The number of hydrogen-bond donors (Lipinski definition) is 1. The van der Waals surface area contributed by atoms with E-state index in [0.29, 0.717) is 0 Å². The van der Waals surface area contributed by atoms with E-state index < -0.39 is 24.1 Å². The molecule has 0 saturated heterocycles. The van der Waals surface area contributed by atoms with E-state index in [2.05, 4.69) is 11.3 Å². The molecule has 0 unspecified atom stereocenters. The maximum Gasteiger partial charge on any atom is 0.410 e. The predicted molar refractivity (Wildman–Crippen MR) is 66.6 cm³/mol. The number of esters is 1. The van der Waals surface area contributed by atoms with Crippen molar-refractivity contribution in [2.75, 3.05) is 20.3 Å². The highest BCUT2D eigenvalue weighted by Crippen LogP contribution is 2.09. The molecule has 0 aromatic heterocycles. The molecule has 0 saturated carbocycles. The van der Waals surface area contributed by atoms with Crippen LogP contribution in [-0.4, -0.2) is 54.3 Å². The number of carbonyl (C=O) groups is 3. The first-order valence-corrected chi connectivity index (χ1v) is 5.75. The van der Waals surface area contributed by atoms with Crippen LogP contribution in [0.25, 0.3) is 0 Å². The lowest BCUT2D eigenvalue weighted by Crippen LogP contribution is -2.43. The first-order valence-electron chi connectivity index (χ1n) is 5.75. The van der Waals surface area contributed by atoms with Crippen molar-refractivity contribution in [3.8, 4) is 0 Å². The zero-order chi connectivity index (χ0) is 14.8. The molecule has 1 amide bonds. The molecule has 0 aliphatic heterocycles. The van der Waals surface area contributed by atoms with Gasteiger partial charge in [-0.05, 0) is 13.3 Å². The highest BCUT2D eigenvalue weighted by molar-refractivity contribution is 5.78. The SMILES string of the molecule is C=CCOC(=O)N(CC(=O)OC)[C@H](C)CCC(=O)O. The highest BCUT2D eigenvalue weighted by Gasteiger charge is 2.24. The summed E-state index contributed by atoms with van der Waals surface area (Å²) < 4.78 is 9.33. The van der Waals surface area contributed by atoms with Crippen molar-refractivity contribution in [2.45, 2.75) is 25.8 Å². The van der Waals surface area contributed by atoms with Crippen LogP contribution in [0.2, 0.25) is 0 Å². The summed E-state index contributed by atoms with van der Waals surface area (Å²) in [6.45, 7) is 4.78. The Labute approximate surface area is 111 Å². The average Bonchev–Trinajstić information content (AvgIpc) is 2.38. The van der Waals surface area contributed by atoms with E-state index in [-0.39, 0.29) is 26.0 Å². The van der Waals surface area contributed by atoms with Gasteiger partial charge in [0.15, 0.2) is 0 Å². The zero-order valence-electron chi connectivity index (χ0n) is 11.1. The first-order chi connectivity index (χ1) is 8.92. The van der Waals surface area contributed by atoms with Gasteiger partial charge in [0, 0.05) is 12.5 Å². The Morgan fingerprint density at radius 1 is 1.42 bits per heavy atom. The van der Waals surface area contributed by atoms with Crippen LogP contribution in [0.1, 0.15) is 19.8 Å². The molecule has 0 aromatic rings. The van der Waals surface area contributed by atoms with E-state index in [1.807, 2.05) is 0 Å². The monoisotopic (exact) mass is 273 g/mol. The van der Waals surface area contributed by atoms with Crippen LogP contribution in [0.3, 0.4) is 0 Å². The van der Waals surface area contributed by atoms with Crippen molar-refractivity contribution in [3.63, 3.8) is 0 Å². The predicted octanol–water partition coefficient (Wildman–Crippen LogP) is 1.04. The van der Waals surface area contributed by atoms with Gasteiger partial charge < -0.3 is 14.6 Å². The second-order valence-corrected chi connectivity index (χ2v) is 3.85. The molecule has 1 atom stereocenters. The number of ether oxygens (including phenoxy) is 2. The summed E-state index contributed by atoms with van der Waals surface area (Å²) in [5.74, 6) is -1.57. The van der Waals surface area contributed by atoms with Gasteiger partial charge in [0.05, 0.1) is 7.11 Å². The fourth-order valence-corrected chi connectivity index (χ4v) is 1.31. The Hall–Kier alpha value is -2.05. The molecule has 0 aliphatic carbocycles. The minimum absolute atomic E-state index is 0.0160. The quantitative estimate of drug-likeness (QED) is 0.524. The fourth-order valence-electron chi connectivity index (χ4n) is 1.31. The fraction of sp³-hybridized carbons (Fsp3) is 0.583. The summed E-state index contributed by atoms with van der Waals surface area (Å²) in [5.41, 5.74) is 0. The van der Waals surface area contributed by atoms with Gasteiger partial charge in [-0.15, -0.1) is 0 Å². The van der Waals surface area contributed by atoms with Crippen LogP contribution >= 0.6 is 0 Å². The van der Waals surface area contributed by atoms with E-state index in [4.69, 9.17) is 9.84 Å². The van der Waals surface area contributed by atoms with Crippen LogP contribution in [0, 0.1) is 0 Å². The number of amides is 1. The van der Waals surface area contributed by atoms with Crippen molar-refractivity contribution >= 4 is 18.0 Å². The number of carboxylic acids is 1. The first kappa shape index (κ1) is 16.9. The minimum atomic E-state index is -0.968. The molecule has 0 aliphatic rings. The van der Waals surface area contributed by atoms with Gasteiger partial charge in [-0.25, -0.2) is 4.79 Å². The smallest absolute Gasteiger partial charge is 0.410 e. The average molecular weight is 273 g/mol. The highest BCUT2D eigenvalue weighted by atomic mass is 16.6.